The molecule has 0 aromatic heterocycles. The van der Waals surface area contributed by atoms with Crippen molar-refractivity contribution in [2.75, 3.05) is 11.9 Å². The first-order valence-corrected chi connectivity index (χ1v) is 4.75. The van der Waals surface area contributed by atoms with Gasteiger partial charge < -0.3 is 4.90 Å². The second-order valence-electron chi connectivity index (χ2n) is 3.62. The third-order valence-electron chi connectivity index (χ3n) is 2.79. The van der Waals surface area contributed by atoms with Crippen molar-refractivity contribution < 1.29 is 0 Å². The molecule has 1 aromatic carbocycles. The zero-order valence-corrected chi connectivity index (χ0v) is 8.30. The molecule has 2 rings (SSSR count). The Bertz CT molecular complexity index is 352. The van der Waals surface area contributed by atoms with Crippen molar-refractivity contribution in [2.45, 2.75) is 19.8 Å². The molecular weight excluding hydrogens is 158 g/mol. The fourth-order valence-corrected chi connectivity index (χ4v) is 1.80. The van der Waals surface area contributed by atoms with E-state index < -0.39 is 0 Å². The maximum Gasteiger partial charge on any atom is 0.0444 e. The minimum Gasteiger partial charge on any atom is -0.348 e. The lowest BCUT2D eigenvalue weighted by atomic mass is 10.1. The van der Waals surface area contributed by atoms with E-state index in [9.17, 15) is 0 Å². The van der Waals surface area contributed by atoms with Gasteiger partial charge in [0.25, 0.3) is 0 Å². The Morgan fingerprint density at radius 3 is 2.92 bits per heavy atom. The lowest BCUT2D eigenvalue weighted by Gasteiger charge is -2.13. The van der Waals surface area contributed by atoms with E-state index in [0.29, 0.717) is 0 Å². The Labute approximate surface area is 79.7 Å². The van der Waals surface area contributed by atoms with E-state index in [1.807, 2.05) is 0 Å². The van der Waals surface area contributed by atoms with E-state index in [-0.39, 0.29) is 0 Å². The highest BCUT2D eigenvalue weighted by atomic mass is 15.1. The van der Waals surface area contributed by atoms with Crippen LogP contribution in [-0.4, -0.2) is 7.05 Å². The number of hydrogen-bond acceptors (Lipinski definition) is 1. The van der Waals surface area contributed by atoms with Crippen LogP contribution in [0, 0.1) is 0 Å². The molecule has 0 unspecified atom stereocenters. The van der Waals surface area contributed by atoms with Gasteiger partial charge in [-0.2, -0.15) is 0 Å². The van der Waals surface area contributed by atoms with Crippen LogP contribution in [0.25, 0.3) is 0 Å². The second-order valence-corrected chi connectivity index (χ2v) is 3.62. The Morgan fingerprint density at radius 2 is 2.23 bits per heavy atom. The molecular formula is C12H15N. The summed E-state index contributed by atoms with van der Waals surface area (Å²) in [5.74, 6) is 0. The monoisotopic (exact) mass is 173 g/mol. The quantitative estimate of drug-likeness (QED) is 0.631. The third-order valence-corrected chi connectivity index (χ3v) is 2.79. The molecule has 0 bridgehead atoms. The molecule has 0 N–H and O–H groups in total. The molecule has 0 radical (unpaired) electrons. The summed E-state index contributed by atoms with van der Waals surface area (Å²) < 4.78 is 0. The fraction of sp³-hybridized carbons (Fsp3) is 0.333. The Kier molecular flexibility index (Phi) is 1.87. The second kappa shape index (κ2) is 2.91. The van der Waals surface area contributed by atoms with E-state index in [2.05, 4.69) is 43.6 Å². The van der Waals surface area contributed by atoms with Gasteiger partial charge in [-0.05, 0) is 23.6 Å². The SMILES string of the molecule is C=C1Cc2ccc(CC)cc2N1C. The average Bonchev–Trinajstić information content (AvgIpc) is 2.43. The Hall–Kier alpha value is -1.24. The highest BCUT2D eigenvalue weighted by Crippen LogP contribution is 2.32. The molecule has 1 heteroatoms. The first-order valence-electron chi connectivity index (χ1n) is 4.75. The summed E-state index contributed by atoms with van der Waals surface area (Å²) >= 11 is 0. The summed E-state index contributed by atoms with van der Waals surface area (Å²) in [7, 11) is 2.09. The standard InChI is InChI=1S/C12H15N/c1-4-10-5-6-11-7-9(2)13(3)12(11)8-10/h5-6,8H,2,4,7H2,1,3H3. The summed E-state index contributed by atoms with van der Waals surface area (Å²) in [5, 5.41) is 0. The number of allylic oxidation sites excluding steroid dienone is 1. The minimum absolute atomic E-state index is 1.01. The molecule has 1 heterocycles. The maximum atomic E-state index is 4.03. The van der Waals surface area contributed by atoms with Crippen LogP contribution in [0.5, 0.6) is 0 Å². The lowest BCUT2D eigenvalue weighted by molar-refractivity contribution is 1.10. The topological polar surface area (TPSA) is 3.24 Å². The molecule has 1 aliphatic heterocycles. The molecule has 0 aliphatic carbocycles. The zero-order valence-electron chi connectivity index (χ0n) is 8.30. The Morgan fingerprint density at radius 1 is 1.46 bits per heavy atom. The van der Waals surface area contributed by atoms with Crippen LogP contribution in [0.2, 0.25) is 0 Å². The first-order chi connectivity index (χ1) is 6.22. The predicted octanol–water partition coefficient (Wildman–Crippen LogP) is 2.76. The third kappa shape index (κ3) is 1.24. The summed E-state index contributed by atoms with van der Waals surface area (Å²) in [5.41, 5.74) is 5.35. The summed E-state index contributed by atoms with van der Waals surface area (Å²) in [6.45, 7) is 6.22. The molecule has 0 fully saturated rings. The molecule has 0 atom stereocenters. The highest BCUT2D eigenvalue weighted by molar-refractivity contribution is 5.64. The first kappa shape index (κ1) is 8.36. The van der Waals surface area contributed by atoms with Gasteiger partial charge in [0.15, 0.2) is 0 Å². The predicted molar refractivity (Wildman–Crippen MR) is 57.1 cm³/mol. The summed E-state index contributed by atoms with van der Waals surface area (Å²) in [4.78, 5) is 2.19. The number of rotatable bonds is 1. The van der Waals surface area contributed by atoms with Crippen LogP contribution in [0.15, 0.2) is 30.5 Å². The van der Waals surface area contributed by atoms with Crippen molar-refractivity contribution in [1.29, 1.82) is 0 Å². The van der Waals surface area contributed by atoms with E-state index >= 15 is 0 Å². The van der Waals surface area contributed by atoms with Gasteiger partial charge in [-0.1, -0.05) is 25.6 Å². The largest absolute Gasteiger partial charge is 0.348 e. The van der Waals surface area contributed by atoms with Gasteiger partial charge >= 0.3 is 0 Å². The summed E-state index contributed by atoms with van der Waals surface area (Å²) in [6.07, 6.45) is 2.11. The number of anilines is 1. The highest BCUT2D eigenvalue weighted by Gasteiger charge is 2.18. The number of hydrogen-bond donors (Lipinski definition) is 0. The van der Waals surface area contributed by atoms with E-state index in [1.165, 1.54) is 22.5 Å². The van der Waals surface area contributed by atoms with Gasteiger partial charge in [0.1, 0.15) is 0 Å². The number of likely N-dealkylation sites (N-methyl/N-ethyl adjacent to an activating group) is 1. The van der Waals surface area contributed by atoms with Crippen LogP contribution in [0.4, 0.5) is 5.69 Å². The van der Waals surface area contributed by atoms with Gasteiger partial charge in [0, 0.05) is 24.9 Å². The molecule has 0 amide bonds. The number of benzene rings is 1. The van der Waals surface area contributed by atoms with E-state index in [0.717, 1.165) is 12.8 Å². The van der Waals surface area contributed by atoms with Crippen molar-refractivity contribution in [3.8, 4) is 0 Å². The normalized spacial score (nSPS) is 14.9. The van der Waals surface area contributed by atoms with Crippen molar-refractivity contribution >= 4 is 5.69 Å². The number of aryl methyl sites for hydroxylation is 1. The van der Waals surface area contributed by atoms with Crippen LogP contribution >= 0.6 is 0 Å². The van der Waals surface area contributed by atoms with Gasteiger partial charge in [-0.15, -0.1) is 0 Å². The Balaban J connectivity index is 2.47. The lowest BCUT2D eigenvalue weighted by Crippen LogP contribution is -2.09. The number of nitrogens with zero attached hydrogens (tertiary/aromatic N) is 1. The molecule has 68 valence electrons. The molecule has 1 aromatic rings. The molecule has 0 saturated carbocycles. The smallest absolute Gasteiger partial charge is 0.0444 e. The number of fused-ring (bicyclic) bond motifs is 1. The maximum absolute atomic E-state index is 4.03. The molecule has 13 heavy (non-hydrogen) atoms. The average molecular weight is 173 g/mol. The zero-order chi connectivity index (χ0) is 9.42. The van der Waals surface area contributed by atoms with Crippen LogP contribution in [0.1, 0.15) is 18.1 Å². The van der Waals surface area contributed by atoms with Gasteiger partial charge in [-0.25, -0.2) is 0 Å². The fourth-order valence-electron chi connectivity index (χ4n) is 1.80. The van der Waals surface area contributed by atoms with Crippen LogP contribution < -0.4 is 4.90 Å². The van der Waals surface area contributed by atoms with Gasteiger partial charge in [0.05, 0.1) is 0 Å². The van der Waals surface area contributed by atoms with Crippen LogP contribution in [-0.2, 0) is 12.8 Å². The van der Waals surface area contributed by atoms with Crippen molar-refractivity contribution in [3.63, 3.8) is 0 Å². The van der Waals surface area contributed by atoms with Crippen molar-refractivity contribution in [3.05, 3.63) is 41.6 Å². The summed E-state index contributed by atoms with van der Waals surface area (Å²) in [6, 6.07) is 6.71. The molecule has 0 saturated heterocycles. The van der Waals surface area contributed by atoms with Crippen molar-refractivity contribution in [1.82, 2.24) is 0 Å². The van der Waals surface area contributed by atoms with Crippen molar-refractivity contribution in [2.24, 2.45) is 0 Å². The van der Waals surface area contributed by atoms with Gasteiger partial charge in [0.2, 0.25) is 0 Å². The molecule has 1 aliphatic rings. The molecule has 0 spiro atoms. The van der Waals surface area contributed by atoms with E-state index in [1.54, 1.807) is 0 Å². The molecule has 1 nitrogen and oxygen atoms in total. The van der Waals surface area contributed by atoms with Crippen LogP contribution in [0.3, 0.4) is 0 Å². The minimum atomic E-state index is 1.01. The van der Waals surface area contributed by atoms with E-state index in [4.69, 9.17) is 0 Å². The van der Waals surface area contributed by atoms with Gasteiger partial charge in [-0.3, -0.25) is 0 Å².